The zero-order valence-electron chi connectivity index (χ0n) is 12.7. The molecule has 0 radical (unpaired) electrons. The van der Waals surface area contributed by atoms with Crippen molar-refractivity contribution in [3.63, 3.8) is 0 Å². The minimum Gasteiger partial charge on any atom is -0.324 e. The molecule has 0 amide bonds. The van der Waals surface area contributed by atoms with E-state index in [-0.39, 0.29) is 6.04 Å². The largest absolute Gasteiger partial charge is 0.324 e. The molecule has 112 valence electrons. The van der Waals surface area contributed by atoms with Gasteiger partial charge in [-0.2, -0.15) is 0 Å². The first-order valence-electron chi connectivity index (χ1n) is 7.37. The number of halogens is 1. The van der Waals surface area contributed by atoms with Crippen LogP contribution in [-0.2, 0) is 0 Å². The van der Waals surface area contributed by atoms with Crippen LogP contribution in [0.5, 0.6) is 0 Å². The molecule has 1 saturated heterocycles. The van der Waals surface area contributed by atoms with Crippen LogP contribution >= 0.6 is 15.9 Å². The van der Waals surface area contributed by atoms with E-state index in [1.807, 2.05) is 6.07 Å². The van der Waals surface area contributed by atoms with Crippen molar-refractivity contribution in [2.75, 3.05) is 33.7 Å². The van der Waals surface area contributed by atoms with Gasteiger partial charge < -0.3 is 15.5 Å². The molecule has 2 rings (SSSR count). The predicted octanol–water partition coefficient (Wildman–Crippen LogP) is 2.72. The summed E-state index contributed by atoms with van der Waals surface area (Å²) < 4.78 is 1.10. The second kappa shape index (κ2) is 7.03. The molecule has 1 aliphatic rings. The smallest absolute Gasteiger partial charge is 0.0307 e. The van der Waals surface area contributed by atoms with Gasteiger partial charge in [0.15, 0.2) is 0 Å². The molecule has 0 aliphatic carbocycles. The van der Waals surface area contributed by atoms with Crippen molar-refractivity contribution in [2.24, 2.45) is 11.7 Å². The SMILES string of the molecule is CC1CN(CCC(N)c2cccc(Br)c2)CC1N(C)C. The molecule has 0 spiro atoms. The maximum atomic E-state index is 6.31. The molecule has 1 aromatic rings. The van der Waals surface area contributed by atoms with E-state index in [2.05, 4.69) is 64.9 Å². The van der Waals surface area contributed by atoms with Crippen LogP contribution in [0.1, 0.15) is 24.9 Å². The summed E-state index contributed by atoms with van der Waals surface area (Å²) >= 11 is 3.51. The van der Waals surface area contributed by atoms with Crippen LogP contribution in [0.15, 0.2) is 28.7 Å². The van der Waals surface area contributed by atoms with Gasteiger partial charge in [-0.25, -0.2) is 0 Å². The first-order chi connectivity index (χ1) is 9.47. The fourth-order valence-corrected chi connectivity index (χ4v) is 3.55. The molecule has 4 heteroatoms. The molecule has 0 saturated carbocycles. The van der Waals surface area contributed by atoms with E-state index in [0.717, 1.165) is 23.4 Å². The highest BCUT2D eigenvalue weighted by molar-refractivity contribution is 9.10. The van der Waals surface area contributed by atoms with Gasteiger partial charge in [0.25, 0.3) is 0 Å². The lowest BCUT2D eigenvalue weighted by Crippen LogP contribution is -2.34. The minimum absolute atomic E-state index is 0.126. The Morgan fingerprint density at radius 3 is 2.75 bits per heavy atom. The number of nitrogens with two attached hydrogens (primary N) is 1. The van der Waals surface area contributed by atoms with Gasteiger partial charge in [-0.1, -0.05) is 35.0 Å². The maximum absolute atomic E-state index is 6.31. The average Bonchev–Trinajstić information content (AvgIpc) is 2.77. The first kappa shape index (κ1) is 16.0. The van der Waals surface area contributed by atoms with E-state index >= 15 is 0 Å². The Kier molecular flexibility index (Phi) is 5.61. The summed E-state index contributed by atoms with van der Waals surface area (Å²) in [6, 6.07) is 9.14. The van der Waals surface area contributed by atoms with Crippen molar-refractivity contribution in [3.8, 4) is 0 Å². The van der Waals surface area contributed by atoms with Crippen molar-refractivity contribution in [1.29, 1.82) is 0 Å². The van der Waals surface area contributed by atoms with Crippen LogP contribution in [0.4, 0.5) is 0 Å². The third kappa shape index (κ3) is 4.04. The third-order valence-corrected chi connectivity index (χ3v) is 4.84. The zero-order valence-corrected chi connectivity index (χ0v) is 14.3. The lowest BCUT2D eigenvalue weighted by atomic mass is 10.0. The number of hydrogen-bond donors (Lipinski definition) is 1. The van der Waals surface area contributed by atoms with E-state index in [0.29, 0.717) is 6.04 Å². The summed E-state index contributed by atoms with van der Waals surface area (Å²) in [6.07, 6.45) is 1.02. The molecule has 20 heavy (non-hydrogen) atoms. The van der Waals surface area contributed by atoms with Crippen molar-refractivity contribution in [3.05, 3.63) is 34.3 Å². The van der Waals surface area contributed by atoms with Crippen molar-refractivity contribution < 1.29 is 0 Å². The van der Waals surface area contributed by atoms with E-state index in [1.165, 1.54) is 18.7 Å². The Balaban J connectivity index is 1.84. The summed E-state index contributed by atoms with van der Waals surface area (Å²) in [5.41, 5.74) is 7.53. The highest BCUT2D eigenvalue weighted by Crippen LogP contribution is 2.23. The lowest BCUT2D eigenvalue weighted by molar-refractivity contribution is 0.250. The molecule has 1 fully saturated rings. The average molecular weight is 340 g/mol. The van der Waals surface area contributed by atoms with Gasteiger partial charge in [0.2, 0.25) is 0 Å². The number of rotatable bonds is 5. The quantitative estimate of drug-likeness (QED) is 0.895. The number of nitrogens with zero attached hydrogens (tertiary/aromatic N) is 2. The van der Waals surface area contributed by atoms with Gasteiger partial charge in [-0.05, 0) is 44.1 Å². The van der Waals surface area contributed by atoms with E-state index in [9.17, 15) is 0 Å². The van der Waals surface area contributed by atoms with Crippen LogP contribution in [0, 0.1) is 5.92 Å². The van der Waals surface area contributed by atoms with Gasteiger partial charge in [0.05, 0.1) is 0 Å². The molecule has 3 unspecified atom stereocenters. The highest BCUT2D eigenvalue weighted by Gasteiger charge is 2.30. The molecule has 2 N–H and O–H groups in total. The van der Waals surface area contributed by atoms with Crippen LogP contribution in [0.3, 0.4) is 0 Å². The van der Waals surface area contributed by atoms with Gasteiger partial charge in [0, 0.05) is 36.2 Å². The van der Waals surface area contributed by atoms with Gasteiger partial charge >= 0.3 is 0 Å². The summed E-state index contributed by atoms with van der Waals surface area (Å²) in [6.45, 7) is 5.79. The third-order valence-electron chi connectivity index (χ3n) is 4.34. The first-order valence-corrected chi connectivity index (χ1v) is 8.16. The highest BCUT2D eigenvalue weighted by atomic mass is 79.9. The number of benzene rings is 1. The Bertz CT molecular complexity index is 435. The Morgan fingerprint density at radius 1 is 1.40 bits per heavy atom. The van der Waals surface area contributed by atoms with Gasteiger partial charge in [0.1, 0.15) is 0 Å². The number of hydrogen-bond acceptors (Lipinski definition) is 3. The molecule has 0 aromatic heterocycles. The van der Waals surface area contributed by atoms with Crippen LogP contribution in [0.25, 0.3) is 0 Å². The summed E-state index contributed by atoms with van der Waals surface area (Å²) in [4.78, 5) is 4.89. The lowest BCUT2D eigenvalue weighted by Gasteiger charge is -2.23. The molecule has 1 aromatic carbocycles. The molecule has 0 bridgehead atoms. The molecule has 1 aliphatic heterocycles. The standard InChI is InChI=1S/C16H26BrN3/c1-12-10-20(11-16(12)19(2)3)8-7-15(18)13-5-4-6-14(17)9-13/h4-6,9,12,15-16H,7-8,10-11,18H2,1-3H3. The molecule has 1 heterocycles. The molecular formula is C16H26BrN3. The molecule has 3 atom stereocenters. The second-order valence-electron chi connectivity index (χ2n) is 6.22. The number of likely N-dealkylation sites (N-methyl/N-ethyl adjacent to an activating group) is 1. The monoisotopic (exact) mass is 339 g/mol. The summed E-state index contributed by atoms with van der Waals surface area (Å²) in [7, 11) is 4.36. The Labute approximate surface area is 131 Å². The second-order valence-corrected chi connectivity index (χ2v) is 7.13. The van der Waals surface area contributed by atoms with Gasteiger partial charge in [-0.3, -0.25) is 0 Å². The van der Waals surface area contributed by atoms with Crippen LogP contribution < -0.4 is 5.73 Å². The van der Waals surface area contributed by atoms with Crippen molar-refractivity contribution >= 4 is 15.9 Å². The normalized spacial score (nSPS) is 25.3. The van der Waals surface area contributed by atoms with Gasteiger partial charge in [-0.15, -0.1) is 0 Å². The maximum Gasteiger partial charge on any atom is 0.0307 e. The minimum atomic E-state index is 0.126. The zero-order chi connectivity index (χ0) is 14.7. The van der Waals surface area contributed by atoms with E-state index < -0.39 is 0 Å². The predicted molar refractivity (Wildman–Crippen MR) is 88.8 cm³/mol. The van der Waals surface area contributed by atoms with E-state index in [4.69, 9.17) is 5.73 Å². The summed E-state index contributed by atoms with van der Waals surface area (Å²) in [5.74, 6) is 0.743. The Morgan fingerprint density at radius 2 is 2.15 bits per heavy atom. The van der Waals surface area contributed by atoms with Crippen LogP contribution in [0.2, 0.25) is 0 Å². The van der Waals surface area contributed by atoms with Crippen molar-refractivity contribution in [1.82, 2.24) is 9.80 Å². The molecule has 3 nitrogen and oxygen atoms in total. The topological polar surface area (TPSA) is 32.5 Å². The van der Waals surface area contributed by atoms with Crippen LogP contribution in [-0.4, -0.2) is 49.6 Å². The summed E-state index contributed by atoms with van der Waals surface area (Å²) in [5, 5.41) is 0. The van der Waals surface area contributed by atoms with Crippen molar-refractivity contribution in [2.45, 2.75) is 25.4 Å². The number of likely N-dealkylation sites (tertiary alicyclic amines) is 1. The van der Waals surface area contributed by atoms with E-state index in [1.54, 1.807) is 0 Å². The fourth-order valence-electron chi connectivity index (χ4n) is 3.13. The fraction of sp³-hybridized carbons (Fsp3) is 0.625. The molecular weight excluding hydrogens is 314 g/mol. The Hall–Kier alpha value is -0.420.